The average molecular weight is 553 g/mol. The Balaban J connectivity index is 1.09. The molecule has 40 heavy (non-hydrogen) atoms. The Morgan fingerprint density at radius 3 is 2.58 bits per heavy atom. The fourth-order valence-electron chi connectivity index (χ4n) is 5.71. The number of nitriles is 1. The lowest BCUT2D eigenvalue weighted by Crippen LogP contribution is -2.35. The van der Waals surface area contributed by atoms with Crippen LogP contribution in [0, 0.1) is 29.0 Å². The Hall–Kier alpha value is -4.75. The number of hydrogen-bond donors (Lipinski definition) is 1. The van der Waals surface area contributed by atoms with E-state index in [9.17, 15) is 14.4 Å². The fourth-order valence-corrected chi connectivity index (χ4v) is 5.92. The molecule has 1 aliphatic heterocycles. The number of nitrogens with one attached hydrogen (secondary N) is 1. The number of aromatic nitrogens is 5. The summed E-state index contributed by atoms with van der Waals surface area (Å²) in [5.41, 5.74) is 4.98. The number of anilines is 1. The first-order valence-electron chi connectivity index (χ1n) is 12.8. The zero-order valence-electron chi connectivity index (χ0n) is 21.3. The van der Waals surface area contributed by atoms with E-state index in [0.29, 0.717) is 17.4 Å². The molecule has 198 valence electrons. The van der Waals surface area contributed by atoms with Gasteiger partial charge in [0.2, 0.25) is 0 Å². The van der Waals surface area contributed by atoms with Crippen molar-refractivity contribution in [2.24, 2.45) is 18.9 Å². The van der Waals surface area contributed by atoms with E-state index in [1.807, 2.05) is 43.8 Å². The zero-order chi connectivity index (χ0) is 27.5. The van der Waals surface area contributed by atoms with Crippen LogP contribution in [-0.2, 0) is 7.05 Å². The largest absolute Gasteiger partial charge is 0.356 e. The first-order chi connectivity index (χ1) is 19.4. The normalized spacial score (nSPS) is 19.4. The van der Waals surface area contributed by atoms with Crippen molar-refractivity contribution in [1.82, 2.24) is 29.7 Å². The van der Waals surface area contributed by atoms with Crippen molar-refractivity contribution in [2.45, 2.75) is 6.04 Å². The molecule has 7 rings (SSSR count). The molecule has 0 spiro atoms. The van der Waals surface area contributed by atoms with Crippen LogP contribution in [0.5, 0.6) is 0 Å². The standard InChI is InChI=1S/C29H22ClFN8O/c1-37-12-19(11-34-37)17-6-21(28-18(8-32)10-35-39(28)13-17)16-2-5-26(33-9-16)38-14-23-24(15-38)27(23)36-29(40)22-7-20(31)3-4-25(22)30/h2-7,9-13,23-24,27H,14-15H2,1H3,(H,36,40)/t23-,24+,27?. The second kappa shape index (κ2) is 9.17. The molecular weight excluding hydrogens is 531 g/mol. The van der Waals surface area contributed by atoms with E-state index in [0.717, 1.165) is 52.7 Å². The Morgan fingerprint density at radius 2 is 1.88 bits per heavy atom. The number of amides is 1. The number of rotatable bonds is 5. The van der Waals surface area contributed by atoms with E-state index in [2.05, 4.69) is 26.5 Å². The summed E-state index contributed by atoms with van der Waals surface area (Å²) in [7, 11) is 1.87. The third kappa shape index (κ3) is 4.06. The van der Waals surface area contributed by atoms with Crippen molar-refractivity contribution >= 4 is 28.8 Å². The lowest BCUT2D eigenvalue weighted by molar-refractivity contribution is 0.0946. The van der Waals surface area contributed by atoms with Gasteiger partial charge in [0.15, 0.2) is 0 Å². The van der Waals surface area contributed by atoms with Gasteiger partial charge in [-0.25, -0.2) is 13.9 Å². The van der Waals surface area contributed by atoms with E-state index in [4.69, 9.17) is 16.6 Å². The number of pyridine rings is 2. The van der Waals surface area contributed by atoms with Crippen molar-refractivity contribution in [1.29, 1.82) is 5.26 Å². The first-order valence-corrected chi connectivity index (χ1v) is 13.1. The minimum Gasteiger partial charge on any atom is -0.356 e. The molecule has 0 radical (unpaired) electrons. The molecule has 1 aliphatic carbocycles. The first kappa shape index (κ1) is 24.3. The molecule has 2 aliphatic rings. The summed E-state index contributed by atoms with van der Waals surface area (Å²) in [6.45, 7) is 1.53. The van der Waals surface area contributed by atoms with Crippen molar-refractivity contribution in [3.8, 4) is 28.3 Å². The fraction of sp³-hybridized carbons (Fsp3) is 0.207. The maximum Gasteiger partial charge on any atom is 0.253 e. The number of carbonyl (C=O) groups excluding carboxylic acids is 1. The highest BCUT2D eigenvalue weighted by atomic mass is 35.5. The number of nitrogens with zero attached hydrogens (tertiary/aromatic N) is 7. The summed E-state index contributed by atoms with van der Waals surface area (Å²) in [6.07, 6.45) is 9.01. The second-order valence-corrected chi connectivity index (χ2v) is 10.7. The number of piperidine rings is 1. The molecule has 4 aromatic heterocycles. The van der Waals surface area contributed by atoms with Crippen molar-refractivity contribution in [3.05, 3.63) is 89.3 Å². The van der Waals surface area contributed by atoms with Gasteiger partial charge in [0.05, 0.1) is 34.1 Å². The Labute approximate surface area is 233 Å². The van der Waals surface area contributed by atoms with Crippen LogP contribution in [0.3, 0.4) is 0 Å². The van der Waals surface area contributed by atoms with Gasteiger partial charge in [-0.1, -0.05) is 11.6 Å². The van der Waals surface area contributed by atoms with Crippen LogP contribution >= 0.6 is 11.6 Å². The molecular formula is C29H22ClFN8O. The molecule has 1 aromatic carbocycles. The molecule has 5 aromatic rings. The van der Waals surface area contributed by atoms with Gasteiger partial charge in [0.25, 0.3) is 5.91 Å². The summed E-state index contributed by atoms with van der Waals surface area (Å²) in [5, 5.41) is 21.6. The van der Waals surface area contributed by atoms with Crippen LogP contribution in [0.25, 0.3) is 27.8 Å². The molecule has 3 atom stereocenters. The zero-order valence-corrected chi connectivity index (χ0v) is 22.0. The molecule has 1 unspecified atom stereocenters. The number of hydrogen-bond acceptors (Lipinski definition) is 6. The van der Waals surface area contributed by atoms with Gasteiger partial charge in [-0.3, -0.25) is 9.48 Å². The predicted octanol–water partition coefficient (Wildman–Crippen LogP) is 4.33. The van der Waals surface area contributed by atoms with Crippen molar-refractivity contribution in [3.63, 3.8) is 0 Å². The van der Waals surface area contributed by atoms with E-state index in [1.165, 1.54) is 12.1 Å². The topological polar surface area (TPSA) is 104 Å². The molecule has 5 heterocycles. The van der Waals surface area contributed by atoms with Crippen LogP contribution in [0.1, 0.15) is 15.9 Å². The van der Waals surface area contributed by atoms with Crippen LogP contribution < -0.4 is 10.2 Å². The molecule has 1 saturated heterocycles. The number of benzene rings is 1. The second-order valence-electron chi connectivity index (χ2n) is 10.3. The smallest absolute Gasteiger partial charge is 0.253 e. The van der Waals surface area contributed by atoms with Gasteiger partial charge in [0.1, 0.15) is 17.7 Å². The molecule has 9 nitrogen and oxygen atoms in total. The number of halogens is 2. The Bertz CT molecular complexity index is 1830. The molecule has 2 fully saturated rings. The SMILES string of the molecule is Cn1cc(-c2cc(-c3ccc(N4C[C@@H]5C(NC(=O)c6cc(F)ccc6Cl)[C@@H]5C4)nc3)c3c(C#N)cnn3c2)cn1. The van der Waals surface area contributed by atoms with E-state index < -0.39 is 5.82 Å². The van der Waals surface area contributed by atoms with Crippen LogP contribution in [0.15, 0.2) is 67.4 Å². The van der Waals surface area contributed by atoms with E-state index in [1.54, 1.807) is 21.6 Å². The number of carbonyl (C=O) groups is 1. The summed E-state index contributed by atoms with van der Waals surface area (Å²) >= 11 is 6.09. The molecule has 11 heteroatoms. The maximum atomic E-state index is 13.6. The van der Waals surface area contributed by atoms with Crippen molar-refractivity contribution < 1.29 is 9.18 Å². The highest BCUT2D eigenvalue weighted by molar-refractivity contribution is 6.33. The van der Waals surface area contributed by atoms with Gasteiger partial charge >= 0.3 is 0 Å². The lowest BCUT2D eigenvalue weighted by Gasteiger charge is -2.21. The van der Waals surface area contributed by atoms with Gasteiger partial charge in [-0.05, 0) is 36.4 Å². The minimum atomic E-state index is -0.493. The molecule has 1 saturated carbocycles. The highest BCUT2D eigenvalue weighted by Gasteiger charge is 2.56. The van der Waals surface area contributed by atoms with Crippen molar-refractivity contribution in [2.75, 3.05) is 18.0 Å². The van der Waals surface area contributed by atoms with E-state index in [-0.39, 0.29) is 22.5 Å². The summed E-state index contributed by atoms with van der Waals surface area (Å²) in [6, 6.07) is 12.1. The molecule has 1 N–H and O–H groups in total. The van der Waals surface area contributed by atoms with Gasteiger partial charge in [0, 0.05) is 78.9 Å². The molecule has 1 amide bonds. The predicted molar refractivity (Wildman–Crippen MR) is 147 cm³/mol. The summed E-state index contributed by atoms with van der Waals surface area (Å²) < 4.78 is 17.1. The van der Waals surface area contributed by atoms with E-state index >= 15 is 0 Å². The number of aryl methyl sites for hydroxylation is 1. The van der Waals surface area contributed by atoms with Gasteiger partial charge < -0.3 is 10.2 Å². The van der Waals surface area contributed by atoms with Gasteiger partial charge in [-0.15, -0.1) is 0 Å². The van der Waals surface area contributed by atoms with Crippen LogP contribution in [0.4, 0.5) is 10.2 Å². The third-order valence-corrected chi connectivity index (χ3v) is 8.15. The lowest BCUT2D eigenvalue weighted by atomic mass is 10.0. The summed E-state index contributed by atoms with van der Waals surface area (Å²) in [4.78, 5) is 19.6. The quantitative estimate of drug-likeness (QED) is 0.348. The minimum absolute atomic E-state index is 0.0390. The number of fused-ring (bicyclic) bond motifs is 2. The highest BCUT2D eigenvalue weighted by Crippen LogP contribution is 2.47. The van der Waals surface area contributed by atoms with Gasteiger partial charge in [-0.2, -0.15) is 15.5 Å². The Kier molecular flexibility index (Phi) is 5.57. The average Bonchev–Trinajstić information content (AvgIpc) is 3.41. The Morgan fingerprint density at radius 1 is 1.05 bits per heavy atom. The van der Waals surface area contributed by atoms with Crippen LogP contribution in [0.2, 0.25) is 5.02 Å². The van der Waals surface area contributed by atoms with Crippen LogP contribution in [-0.4, -0.2) is 49.4 Å². The third-order valence-electron chi connectivity index (χ3n) is 7.82. The molecule has 0 bridgehead atoms. The monoisotopic (exact) mass is 552 g/mol. The maximum absolute atomic E-state index is 13.6. The summed E-state index contributed by atoms with van der Waals surface area (Å²) in [5.74, 6) is 0.613.